The van der Waals surface area contributed by atoms with E-state index in [0.29, 0.717) is 0 Å². The van der Waals surface area contributed by atoms with Crippen molar-refractivity contribution in [2.75, 3.05) is 0 Å². The number of carbonyl (C=O) groups is 2. The summed E-state index contributed by atoms with van der Waals surface area (Å²) in [6, 6.07) is 39.7. The minimum Gasteiger partial charge on any atom is -0.289 e. The van der Waals surface area contributed by atoms with Gasteiger partial charge < -0.3 is 0 Å². The van der Waals surface area contributed by atoms with Crippen molar-refractivity contribution in [1.29, 1.82) is 0 Å². The standard InChI is InChI=1S/2C20H12N2O/c2*23-20-16-6-2-1-5-14(16)15-9-8-13(11-17(15)20)18-12-21-22-10-4-3-7-19(18)22/h2*1-12H. The molecule has 4 aromatic heterocycles. The SMILES string of the molecule is O=C1c2ccccc2-c2ccc(-c3cnn4ccccc34)cc21.O=C1c2ccccc2-c2ccc(-c3cnn4ccccc34)cc21. The molecular weight excluding hydrogens is 568 g/mol. The van der Waals surface area contributed by atoms with Crippen LogP contribution in [-0.2, 0) is 0 Å². The fourth-order valence-electron chi connectivity index (χ4n) is 6.71. The van der Waals surface area contributed by atoms with E-state index in [1.54, 1.807) is 0 Å². The van der Waals surface area contributed by atoms with Crippen molar-refractivity contribution in [2.45, 2.75) is 0 Å². The molecule has 46 heavy (non-hydrogen) atoms. The Balaban J connectivity index is 0.000000127. The Labute approximate surface area is 263 Å². The van der Waals surface area contributed by atoms with Crippen LogP contribution in [-0.4, -0.2) is 30.8 Å². The summed E-state index contributed by atoms with van der Waals surface area (Å²) in [5.74, 6) is 0.211. The smallest absolute Gasteiger partial charge is 0.194 e. The van der Waals surface area contributed by atoms with Crippen molar-refractivity contribution in [2.24, 2.45) is 0 Å². The third-order valence-electron chi connectivity index (χ3n) is 8.93. The minimum atomic E-state index is 0.105. The number of rotatable bonds is 2. The summed E-state index contributed by atoms with van der Waals surface area (Å²) >= 11 is 0. The number of hydrogen-bond acceptors (Lipinski definition) is 4. The molecule has 0 unspecified atom stereocenters. The molecule has 8 aromatic rings. The molecule has 10 rings (SSSR count). The van der Waals surface area contributed by atoms with Crippen LogP contribution in [0, 0.1) is 0 Å². The number of ketones is 2. The Morgan fingerprint density at radius 3 is 1.22 bits per heavy atom. The molecule has 0 saturated carbocycles. The minimum absolute atomic E-state index is 0.105. The molecule has 0 atom stereocenters. The lowest BCUT2D eigenvalue weighted by molar-refractivity contribution is 0.103. The van der Waals surface area contributed by atoms with Gasteiger partial charge in [-0.05, 0) is 69.8 Å². The van der Waals surface area contributed by atoms with Gasteiger partial charge in [-0.1, -0.05) is 84.9 Å². The Hall–Kier alpha value is -6.40. The van der Waals surface area contributed by atoms with Gasteiger partial charge in [-0.3, -0.25) is 9.59 Å². The predicted molar refractivity (Wildman–Crippen MR) is 179 cm³/mol. The van der Waals surface area contributed by atoms with Crippen LogP contribution in [0.4, 0.5) is 0 Å². The molecule has 2 aliphatic carbocycles. The zero-order valence-electron chi connectivity index (χ0n) is 24.5. The Morgan fingerprint density at radius 2 is 0.761 bits per heavy atom. The van der Waals surface area contributed by atoms with Crippen LogP contribution in [0.25, 0.3) is 55.5 Å². The van der Waals surface area contributed by atoms with Gasteiger partial charge in [0, 0.05) is 45.8 Å². The average Bonchev–Trinajstić information content (AvgIpc) is 3.88. The largest absolute Gasteiger partial charge is 0.289 e. The molecule has 0 spiro atoms. The number of hydrogen-bond donors (Lipinski definition) is 0. The van der Waals surface area contributed by atoms with Gasteiger partial charge in [0.2, 0.25) is 0 Å². The molecule has 6 nitrogen and oxygen atoms in total. The molecule has 0 saturated heterocycles. The second-order valence-corrected chi connectivity index (χ2v) is 11.4. The van der Waals surface area contributed by atoms with Crippen molar-refractivity contribution < 1.29 is 9.59 Å². The number of pyridine rings is 2. The molecule has 2 aliphatic rings. The summed E-state index contributed by atoms with van der Waals surface area (Å²) in [5, 5.41) is 8.76. The molecule has 4 aromatic carbocycles. The van der Waals surface area contributed by atoms with Crippen molar-refractivity contribution in [3.63, 3.8) is 0 Å². The summed E-state index contributed by atoms with van der Waals surface area (Å²) in [5.41, 5.74) is 13.4. The summed E-state index contributed by atoms with van der Waals surface area (Å²) in [7, 11) is 0. The van der Waals surface area contributed by atoms with E-state index in [1.165, 1.54) is 0 Å². The molecule has 0 radical (unpaired) electrons. The Bertz CT molecular complexity index is 2360. The molecule has 0 aliphatic heterocycles. The summed E-state index contributed by atoms with van der Waals surface area (Å²) in [6.45, 7) is 0. The first-order valence-electron chi connectivity index (χ1n) is 15.1. The van der Waals surface area contributed by atoms with Gasteiger partial charge >= 0.3 is 0 Å². The van der Waals surface area contributed by atoms with Crippen LogP contribution in [0.2, 0.25) is 0 Å². The number of aromatic nitrogens is 4. The predicted octanol–water partition coefficient (Wildman–Crippen LogP) is 8.43. The summed E-state index contributed by atoms with van der Waals surface area (Å²) in [4.78, 5) is 25.3. The third-order valence-corrected chi connectivity index (χ3v) is 8.93. The maximum atomic E-state index is 12.7. The molecule has 0 bridgehead atoms. The van der Waals surface area contributed by atoms with Gasteiger partial charge in [0.05, 0.1) is 23.4 Å². The molecule has 6 heteroatoms. The van der Waals surface area contributed by atoms with Crippen molar-refractivity contribution >= 4 is 22.6 Å². The van der Waals surface area contributed by atoms with Crippen molar-refractivity contribution in [1.82, 2.24) is 19.2 Å². The molecule has 216 valence electrons. The van der Waals surface area contributed by atoms with Gasteiger partial charge in [-0.2, -0.15) is 10.2 Å². The third kappa shape index (κ3) is 3.90. The van der Waals surface area contributed by atoms with Gasteiger partial charge in [0.25, 0.3) is 0 Å². The fraction of sp³-hybridized carbons (Fsp3) is 0. The van der Waals surface area contributed by atoms with Crippen LogP contribution in [0.1, 0.15) is 31.8 Å². The van der Waals surface area contributed by atoms with Crippen LogP contribution in [0.3, 0.4) is 0 Å². The highest BCUT2D eigenvalue weighted by Gasteiger charge is 2.28. The molecule has 0 fully saturated rings. The average molecular weight is 593 g/mol. The second kappa shape index (κ2) is 10.1. The molecule has 0 N–H and O–H groups in total. The topological polar surface area (TPSA) is 68.7 Å². The van der Waals surface area contributed by atoms with E-state index >= 15 is 0 Å². The highest BCUT2D eigenvalue weighted by Crippen LogP contribution is 2.40. The first-order chi connectivity index (χ1) is 22.7. The lowest BCUT2D eigenvalue weighted by Crippen LogP contribution is -1.95. The highest BCUT2D eigenvalue weighted by atomic mass is 16.1. The molecular formula is C40H24N4O2. The number of benzene rings is 4. The van der Waals surface area contributed by atoms with E-state index in [-0.39, 0.29) is 11.6 Å². The molecule has 4 heterocycles. The zero-order valence-corrected chi connectivity index (χ0v) is 24.5. The van der Waals surface area contributed by atoms with Crippen LogP contribution >= 0.6 is 0 Å². The lowest BCUT2D eigenvalue weighted by Gasteiger charge is -2.04. The van der Waals surface area contributed by atoms with E-state index in [0.717, 1.165) is 77.8 Å². The van der Waals surface area contributed by atoms with Crippen molar-refractivity contribution in [3.8, 4) is 44.5 Å². The van der Waals surface area contributed by atoms with E-state index in [2.05, 4.69) is 22.3 Å². The van der Waals surface area contributed by atoms with E-state index in [4.69, 9.17) is 0 Å². The Kier molecular flexibility index (Phi) is 5.70. The normalized spacial score (nSPS) is 12.4. The maximum absolute atomic E-state index is 12.7. The zero-order chi connectivity index (χ0) is 30.8. The quantitative estimate of drug-likeness (QED) is 0.202. The summed E-state index contributed by atoms with van der Waals surface area (Å²) in [6.07, 6.45) is 7.55. The number of fused-ring (bicyclic) bond motifs is 8. The van der Waals surface area contributed by atoms with Gasteiger partial charge in [-0.15, -0.1) is 0 Å². The van der Waals surface area contributed by atoms with E-state index in [9.17, 15) is 9.59 Å². The second-order valence-electron chi connectivity index (χ2n) is 11.4. The first-order valence-corrected chi connectivity index (χ1v) is 15.1. The van der Waals surface area contributed by atoms with Crippen LogP contribution < -0.4 is 0 Å². The number of nitrogens with zero attached hydrogens (tertiary/aromatic N) is 4. The van der Waals surface area contributed by atoms with Gasteiger partial charge in [0.1, 0.15) is 0 Å². The Morgan fingerprint density at radius 1 is 0.370 bits per heavy atom. The summed E-state index contributed by atoms with van der Waals surface area (Å²) < 4.78 is 3.69. The van der Waals surface area contributed by atoms with Crippen LogP contribution in [0.5, 0.6) is 0 Å². The molecule has 0 amide bonds. The van der Waals surface area contributed by atoms with Crippen molar-refractivity contribution in [3.05, 3.63) is 168 Å². The lowest BCUT2D eigenvalue weighted by atomic mass is 10.00. The van der Waals surface area contributed by atoms with E-state index < -0.39 is 0 Å². The van der Waals surface area contributed by atoms with Crippen LogP contribution in [0.15, 0.2) is 146 Å². The van der Waals surface area contributed by atoms with Gasteiger partial charge in [0.15, 0.2) is 11.6 Å². The maximum Gasteiger partial charge on any atom is 0.194 e. The first kappa shape index (κ1) is 26.0. The fourth-order valence-corrected chi connectivity index (χ4v) is 6.71. The number of carbonyl (C=O) groups excluding carboxylic acids is 2. The highest BCUT2D eigenvalue weighted by molar-refractivity contribution is 6.23. The monoisotopic (exact) mass is 592 g/mol. The van der Waals surface area contributed by atoms with E-state index in [1.807, 2.05) is 143 Å². The van der Waals surface area contributed by atoms with Gasteiger partial charge in [-0.25, -0.2) is 9.03 Å².